The van der Waals surface area contributed by atoms with Crippen LogP contribution in [0.3, 0.4) is 0 Å². The Kier molecular flexibility index (Phi) is 6.67. The SMILES string of the molecule is COc1ccc(OCCNC(=O)C(=O)N2CCN(c3ccccn3)CC2)cc1. The molecule has 28 heavy (non-hydrogen) atoms. The summed E-state index contributed by atoms with van der Waals surface area (Å²) in [7, 11) is 1.60. The van der Waals surface area contributed by atoms with Crippen molar-refractivity contribution in [1.29, 1.82) is 0 Å². The molecule has 1 N–H and O–H groups in total. The number of aromatic nitrogens is 1. The first-order valence-corrected chi connectivity index (χ1v) is 9.17. The van der Waals surface area contributed by atoms with Crippen LogP contribution in [0.2, 0.25) is 0 Å². The Hall–Kier alpha value is -3.29. The van der Waals surface area contributed by atoms with Gasteiger partial charge in [-0.25, -0.2) is 4.98 Å². The number of amides is 2. The zero-order valence-corrected chi connectivity index (χ0v) is 15.8. The fraction of sp³-hybridized carbons (Fsp3) is 0.350. The second-order valence-corrected chi connectivity index (χ2v) is 6.25. The van der Waals surface area contributed by atoms with Gasteiger partial charge >= 0.3 is 11.8 Å². The van der Waals surface area contributed by atoms with Crippen molar-refractivity contribution in [2.24, 2.45) is 0 Å². The lowest BCUT2D eigenvalue weighted by Gasteiger charge is -2.34. The molecule has 0 unspecified atom stereocenters. The Morgan fingerprint density at radius 3 is 2.39 bits per heavy atom. The van der Waals surface area contributed by atoms with Crippen molar-refractivity contribution in [2.75, 3.05) is 51.3 Å². The fourth-order valence-corrected chi connectivity index (χ4v) is 2.90. The van der Waals surface area contributed by atoms with E-state index in [2.05, 4.69) is 15.2 Å². The highest BCUT2D eigenvalue weighted by Crippen LogP contribution is 2.16. The standard InChI is InChI=1S/C20H24N4O4/c1-27-16-5-7-17(8-6-16)28-15-10-22-19(25)20(26)24-13-11-23(12-14-24)18-4-2-3-9-21-18/h2-9H,10-15H2,1H3,(H,22,25). The molecule has 0 bridgehead atoms. The molecule has 0 saturated carbocycles. The van der Waals surface area contributed by atoms with Crippen molar-refractivity contribution in [2.45, 2.75) is 0 Å². The highest BCUT2D eigenvalue weighted by molar-refractivity contribution is 6.35. The van der Waals surface area contributed by atoms with Gasteiger partial charge in [-0.1, -0.05) is 6.07 Å². The molecule has 2 aromatic rings. The van der Waals surface area contributed by atoms with Crippen LogP contribution in [0.15, 0.2) is 48.7 Å². The van der Waals surface area contributed by atoms with Crippen LogP contribution >= 0.6 is 0 Å². The second kappa shape index (κ2) is 9.59. The highest BCUT2D eigenvalue weighted by atomic mass is 16.5. The zero-order chi connectivity index (χ0) is 19.8. The summed E-state index contributed by atoms with van der Waals surface area (Å²) in [6.45, 7) is 2.81. The van der Waals surface area contributed by atoms with Gasteiger partial charge < -0.3 is 24.6 Å². The lowest BCUT2D eigenvalue weighted by Crippen LogP contribution is -2.53. The molecule has 1 saturated heterocycles. The number of carbonyl (C=O) groups is 2. The van der Waals surface area contributed by atoms with E-state index < -0.39 is 11.8 Å². The van der Waals surface area contributed by atoms with Crippen LogP contribution in [-0.2, 0) is 9.59 Å². The molecule has 0 aliphatic carbocycles. The van der Waals surface area contributed by atoms with Crippen LogP contribution in [-0.4, -0.2) is 68.1 Å². The Morgan fingerprint density at radius 2 is 1.75 bits per heavy atom. The Bertz CT molecular complexity index is 775. The molecule has 3 rings (SSSR count). The number of nitrogens with one attached hydrogen (secondary N) is 1. The molecule has 0 spiro atoms. The van der Waals surface area contributed by atoms with Crippen LogP contribution in [0.1, 0.15) is 0 Å². The molecule has 2 heterocycles. The van der Waals surface area contributed by atoms with Crippen molar-refractivity contribution in [3.63, 3.8) is 0 Å². The van der Waals surface area contributed by atoms with Gasteiger partial charge in [0.1, 0.15) is 23.9 Å². The van der Waals surface area contributed by atoms with Crippen molar-refractivity contribution in [3.8, 4) is 11.5 Å². The number of rotatable bonds is 6. The van der Waals surface area contributed by atoms with Crippen molar-refractivity contribution in [1.82, 2.24) is 15.2 Å². The van der Waals surface area contributed by atoms with Crippen LogP contribution < -0.4 is 19.7 Å². The Balaban J connectivity index is 1.37. The number of pyridine rings is 1. The van der Waals surface area contributed by atoms with Gasteiger partial charge in [0.05, 0.1) is 13.7 Å². The topological polar surface area (TPSA) is 84.0 Å². The number of ether oxygens (including phenoxy) is 2. The number of hydrogen-bond acceptors (Lipinski definition) is 6. The average Bonchev–Trinajstić information content (AvgIpc) is 2.77. The number of anilines is 1. The molecule has 1 aliphatic rings. The minimum Gasteiger partial charge on any atom is -0.497 e. The molecular weight excluding hydrogens is 360 g/mol. The molecule has 1 aromatic carbocycles. The summed E-state index contributed by atoms with van der Waals surface area (Å²) >= 11 is 0. The van der Waals surface area contributed by atoms with Gasteiger partial charge in [-0.2, -0.15) is 0 Å². The molecular formula is C20H24N4O4. The fourth-order valence-electron chi connectivity index (χ4n) is 2.90. The summed E-state index contributed by atoms with van der Waals surface area (Å²) in [6.07, 6.45) is 1.74. The lowest BCUT2D eigenvalue weighted by molar-refractivity contribution is -0.146. The minimum absolute atomic E-state index is 0.254. The monoisotopic (exact) mass is 384 g/mol. The molecule has 1 aliphatic heterocycles. The van der Waals surface area contributed by atoms with Gasteiger partial charge in [-0.05, 0) is 36.4 Å². The third-order valence-electron chi connectivity index (χ3n) is 4.45. The molecule has 1 aromatic heterocycles. The van der Waals surface area contributed by atoms with Crippen molar-refractivity contribution in [3.05, 3.63) is 48.7 Å². The lowest BCUT2D eigenvalue weighted by atomic mass is 10.3. The summed E-state index contributed by atoms with van der Waals surface area (Å²) in [6, 6.07) is 12.9. The predicted octanol–water partition coefficient (Wildman–Crippen LogP) is 0.934. The number of hydrogen-bond donors (Lipinski definition) is 1. The number of piperazine rings is 1. The Labute approximate surface area is 164 Å². The molecule has 2 amide bonds. The van der Waals surface area contributed by atoms with Crippen LogP contribution in [0, 0.1) is 0 Å². The first kappa shape index (κ1) is 19.5. The van der Waals surface area contributed by atoms with E-state index in [1.54, 1.807) is 42.5 Å². The van der Waals surface area contributed by atoms with Crippen LogP contribution in [0.25, 0.3) is 0 Å². The van der Waals surface area contributed by atoms with Gasteiger partial charge in [0.15, 0.2) is 0 Å². The average molecular weight is 384 g/mol. The van der Waals surface area contributed by atoms with Crippen LogP contribution in [0.5, 0.6) is 11.5 Å². The van der Waals surface area contributed by atoms with E-state index >= 15 is 0 Å². The van der Waals surface area contributed by atoms with Gasteiger partial charge in [-0.15, -0.1) is 0 Å². The van der Waals surface area contributed by atoms with Gasteiger partial charge in [0, 0.05) is 32.4 Å². The quantitative estimate of drug-likeness (QED) is 0.589. The highest BCUT2D eigenvalue weighted by Gasteiger charge is 2.26. The van der Waals surface area contributed by atoms with E-state index in [4.69, 9.17) is 9.47 Å². The maximum atomic E-state index is 12.3. The first-order chi connectivity index (χ1) is 13.7. The van der Waals surface area contributed by atoms with E-state index in [0.717, 1.165) is 11.6 Å². The number of methoxy groups -OCH3 is 1. The molecule has 8 heteroatoms. The van der Waals surface area contributed by atoms with E-state index in [9.17, 15) is 9.59 Å². The molecule has 1 fully saturated rings. The third-order valence-corrected chi connectivity index (χ3v) is 4.45. The van der Waals surface area contributed by atoms with E-state index in [-0.39, 0.29) is 13.2 Å². The maximum Gasteiger partial charge on any atom is 0.312 e. The number of carbonyl (C=O) groups excluding carboxylic acids is 2. The van der Waals surface area contributed by atoms with E-state index in [0.29, 0.717) is 31.9 Å². The largest absolute Gasteiger partial charge is 0.497 e. The van der Waals surface area contributed by atoms with E-state index in [1.165, 1.54) is 0 Å². The molecule has 148 valence electrons. The van der Waals surface area contributed by atoms with Crippen molar-refractivity contribution < 1.29 is 19.1 Å². The van der Waals surface area contributed by atoms with Gasteiger partial charge in [0.2, 0.25) is 0 Å². The van der Waals surface area contributed by atoms with Gasteiger partial charge in [-0.3, -0.25) is 9.59 Å². The predicted molar refractivity (Wildman–Crippen MR) is 105 cm³/mol. The first-order valence-electron chi connectivity index (χ1n) is 9.17. The number of benzene rings is 1. The van der Waals surface area contributed by atoms with Gasteiger partial charge in [0.25, 0.3) is 0 Å². The summed E-state index contributed by atoms with van der Waals surface area (Å²) in [4.78, 5) is 32.4. The summed E-state index contributed by atoms with van der Waals surface area (Å²) in [5, 5.41) is 2.61. The van der Waals surface area contributed by atoms with E-state index in [1.807, 2.05) is 18.2 Å². The smallest absolute Gasteiger partial charge is 0.312 e. The van der Waals surface area contributed by atoms with Crippen molar-refractivity contribution >= 4 is 17.6 Å². The Morgan fingerprint density at radius 1 is 1.04 bits per heavy atom. The normalized spacial score (nSPS) is 13.8. The minimum atomic E-state index is -0.607. The molecule has 0 radical (unpaired) electrons. The maximum absolute atomic E-state index is 12.3. The molecule has 0 atom stereocenters. The summed E-state index contributed by atoms with van der Waals surface area (Å²) in [5.41, 5.74) is 0. The molecule has 8 nitrogen and oxygen atoms in total. The third kappa shape index (κ3) is 5.12. The second-order valence-electron chi connectivity index (χ2n) is 6.25. The zero-order valence-electron chi connectivity index (χ0n) is 15.8. The number of nitrogens with zero attached hydrogens (tertiary/aromatic N) is 3. The summed E-state index contributed by atoms with van der Waals surface area (Å²) in [5.74, 6) is 1.19. The summed E-state index contributed by atoms with van der Waals surface area (Å²) < 4.78 is 10.6. The van der Waals surface area contributed by atoms with Crippen LogP contribution in [0.4, 0.5) is 5.82 Å².